The number of rotatable bonds is 10. The van der Waals surface area contributed by atoms with Crippen molar-refractivity contribution >= 4 is 17.8 Å². The van der Waals surface area contributed by atoms with Crippen LogP contribution in [-0.4, -0.2) is 67.5 Å². The number of morpholine rings is 1. The molecule has 0 N–H and O–H groups in total. The summed E-state index contributed by atoms with van der Waals surface area (Å²) < 4.78 is 10.7. The molecule has 2 saturated heterocycles. The summed E-state index contributed by atoms with van der Waals surface area (Å²) in [6.45, 7) is 9.29. The van der Waals surface area contributed by atoms with Gasteiger partial charge in [0.05, 0.1) is 20.3 Å². The van der Waals surface area contributed by atoms with E-state index in [0.717, 1.165) is 31.4 Å². The zero-order chi connectivity index (χ0) is 24.8. The first-order valence-electron chi connectivity index (χ1n) is 13.2. The van der Waals surface area contributed by atoms with Crippen LogP contribution in [0.4, 0.5) is 0 Å². The lowest BCUT2D eigenvalue weighted by molar-refractivity contribution is -0.163. The molecule has 34 heavy (non-hydrogen) atoms. The van der Waals surface area contributed by atoms with Crippen LogP contribution in [0.25, 0.3) is 0 Å². The molecule has 3 aliphatic rings. The quantitative estimate of drug-likeness (QED) is 0.347. The Labute approximate surface area is 205 Å². The van der Waals surface area contributed by atoms with Crippen LogP contribution in [-0.2, 0) is 23.9 Å². The van der Waals surface area contributed by atoms with Crippen molar-refractivity contribution in [2.24, 2.45) is 16.7 Å². The van der Waals surface area contributed by atoms with Gasteiger partial charge in [0.25, 0.3) is 0 Å². The van der Waals surface area contributed by atoms with E-state index in [2.05, 4.69) is 26.8 Å². The number of piperidine rings is 1. The molecule has 0 spiro atoms. The zero-order valence-corrected chi connectivity index (χ0v) is 21.7. The maximum Gasteiger partial charge on any atom is 0.317 e. The van der Waals surface area contributed by atoms with Crippen LogP contribution >= 0.6 is 0 Å². The van der Waals surface area contributed by atoms with Gasteiger partial charge in [0.2, 0.25) is 11.8 Å². The highest BCUT2D eigenvalue weighted by Crippen LogP contribution is 2.54. The van der Waals surface area contributed by atoms with Gasteiger partial charge in [0.1, 0.15) is 5.41 Å². The van der Waals surface area contributed by atoms with Crippen molar-refractivity contribution in [2.45, 2.75) is 85.0 Å². The van der Waals surface area contributed by atoms with Crippen LogP contribution in [0, 0.1) is 16.7 Å². The normalized spacial score (nSPS) is 26.6. The minimum Gasteiger partial charge on any atom is -0.468 e. The van der Waals surface area contributed by atoms with Crippen LogP contribution < -0.4 is 0 Å². The highest BCUT2D eigenvalue weighted by Gasteiger charge is 2.57. The average Bonchev–Trinajstić information content (AvgIpc) is 2.82. The van der Waals surface area contributed by atoms with Crippen LogP contribution in [0.2, 0.25) is 0 Å². The van der Waals surface area contributed by atoms with Crippen molar-refractivity contribution < 1.29 is 23.9 Å². The Hall–Kier alpha value is -1.89. The minimum atomic E-state index is -0.872. The van der Waals surface area contributed by atoms with E-state index in [4.69, 9.17) is 9.47 Å². The number of carbonyl (C=O) groups is 3. The largest absolute Gasteiger partial charge is 0.468 e. The van der Waals surface area contributed by atoms with Crippen molar-refractivity contribution in [2.75, 3.05) is 40.0 Å². The van der Waals surface area contributed by atoms with E-state index in [1.54, 1.807) is 4.90 Å². The number of likely N-dealkylation sites (tertiary alicyclic amines) is 1. The first-order chi connectivity index (χ1) is 16.2. The number of nitrogens with zero attached hydrogens (tertiary/aromatic N) is 2. The van der Waals surface area contributed by atoms with Crippen LogP contribution in [0.3, 0.4) is 0 Å². The number of allylic oxidation sites excluding steroid dienone is 1. The van der Waals surface area contributed by atoms with E-state index < -0.39 is 11.3 Å². The molecule has 3 rings (SSSR count). The molecule has 2 aliphatic heterocycles. The lowest BCUT2D eigenvalue weighted by atomic mass is 9.59. The van der Waals surface area contributed by atoms with E-state index in [-0.39, 0.29) is 29.6 Å². The highest BCUT2D eigenvalue weighted by molar-refractivity contribution is 5.92. The number of methoxy groups -OCH3 is 1. The Morgan fingerprint density at radius 2 is 1.79 bits per heavy atom. The predicted octanol–water partition coefficient (Wildman–Crippen LogP) is 4.31. The Morgan fingerprint density at radius 1 is 1.12 bits per heavy atom. The number of unbranched alkanes of at least 4 members (excludes halogenated alkanes) is 5. The van der Waals surface area contributed by atoms with Crippen molar-refractivity contribution in [1.82, 2.24) is 9.80 Å². The summed E-state index contributed by atoms with van der Waals surface area (Å²) >= 11 is 0. The SMILES string of the molecule is CCCCCCCCN1C(=O)[C@H](CC(=O)N2CCOCC2)C[C@@]2(C(=O)OC)CC(C)(C)CC=C12. The predicted molar refractivity (Wildman–Crippen MR) is 131 cm³/mol. The van der Waals surface area contributed by atoms with Gasteiger partial charge >= 0.3 is 5.97 Å². The number of fused-ring (bicyclic) bond motifs is 1. The second-order valence-corrected chi connectivity index (χ2v) is 11.1. The topological polar surface area (TPSA) is 76.2 Å². The second kappa shape index (κ2) is 11.7. The monoisotopic (exact) mass is 476 g/mol. The van der Waals surface area contributed by atoms with Gasteiger partial charge in [-0.25, -0.2) is 0 Å². The maximum atomic E-state index is 13.7. The summed E-state index contributed by atoms with van der Waals surface area (Å²) in [7, 11) is 1.43. The van der Waals surface area contributed by atoms with Gasteiger partial charge in [0, 0.05) is 37.7 Å². The number of carbonyl (C=O) groups excluding carboxylic acids is 3. The van der Waals surface area contributed by atoms with Crippen molar-refractivity contribution in [1.29, 1.82) is 0 Å². The van der Waals surface area contributed by atoms with Crippen LogP contribution in [0.1, 0.15) is 85.0 Å². The second-order valence-electron chi connectivity index (χ2n) is 11.1. The van der Waals surface area contributed by atoms with Crippen LogP contribution in [0.15, 0.2) is 11.8 Å². The molecule has 192 valence electrons. The number of amides is 2. The van der Waals surface area contributed by atoms with E-state index in [1.165, 1.54) is 26.4 Å². The van der Waals surface area contributed by atoms with Gasteiger partial charge in [-0.3, -0.25) is 14.4 Å². The molecule has 0 aromatic heterocycles. The average molecular weight is 477 g/mol. The van der Waals surface area contributed by atoms with Crippen molar-refractivity contribution in [3.05, 3.63) is 11.8 Å². The van der Waals surface area contributed by atoms with E-state index in [0.29, 0.717) is 45.7 Å². The Bertz CT molecular complexity index is 771. The summed E-state index contributed by atoms with van der Waals surface area (Å²) in [6.07, 6.45) is 10.8. The lowest BCUT2D eigenvalue weighted by Crippen LogP contribution is -2.56. The van der Waals surface area contributed by atoms with E-state index in [9.17, 15) is 14.4 Å². The number of ether oxygens (including phenoxy) is 2. The molecular weight excluding hydrogens is 432 g/mol. The van der Waals surface area contributed by atoms with Gasteiger partial charge in [-0.2, -0.15) is 0 Å². The third-order valence-electron chi connectivity index (χ3n) is 7.72. The first kappa shape index (κ1) is 26.7. The fourth-order valence-electron chi connectivity index (χ4n) is 5.99. The smallest absolute Gasteiger partial charge is 0.317 e. The van der Waals surface area contributed by atoms with E-state index >= 15 is 0 Å². The van der Waals surface area contributed by atoms with Gasteiger partial charge in [-0.15, -0.1) is 0 Å². The van der Waals surface area contributed by atoms with E-state index in [1.807, 2.05) is 4.90 Å². The molecule has 0 aromatic carbocycles. The molecule has 2 atom stereocenters. The molecule has 0 bridgehead atoms. The third kappa shape index (κ3) is 6.02. The third-order valence-corrected chi connectivity index (χ3v) is 7.72. The fraction of sp³-hybridized carbons (Fsp3) is 0.815. The number of hydrogen-bond donors (Lipinski definition) is 0. The number of hydrogen-bond acceptors (Lipinski definition) is 5. The first-order valence-corrected chi connectivity index (χ1v) is 13.2. The summed E-state index contributed by atoms with van der Waals surface area (Å²) in [5.41, 5.74) is -0.141. The van der Waals surface area contributed by atoms with Crippen LogP contribution in [0.5, 0.6) is 0 Å². The molecule has 2 heterocycles. The summed E-state index contributed by atoms with van der Waals surface area (Å²) in [5.74, 6) is -0.833. The molecule has 1 aliphatic carbocycles. The molecule has 0 saturated carbocycles. The fourth-order valence-corrected chi connectivity index (χ4v) is 5.99. The summed E-state index contributed by atoms with van der Waals surface area (Å²) in [5, 5.41) is 0. The van der Waals surface area contributed by atoms with Gasteiger partial charge < -0.3 is 19.3 Å². The zero-order valence-electron chi connectivity index (χ0n) is 21.7. The maximum absolute atomic E-state index is 13.7. The Morgan fingerprint density at radius 3 is 2.47 bits per heavy atom. The highest BCUT2D eigenvalue weighted by atomic mass is 16.5. The van der Waals surface area contributed by atoms with Gasteiger partial charge in [0.15, 0.2) is 0 Å². The number of esters is 1. The van der Waals surface area contributed by atoms with Crippen molar-refractivity contribution in [3.63, 3.8) is 0 Å². The minimum absolute atomic E-state index is 0.0133. The van der Waals surface area contributed by atoms with Gasteiger partial charge in [-0.05, 0) is 31.1 Å². The molecule has 7 nitrogen and oxygen atoms in total. The Kier molecular flexibility index (Phi) is 9.19. The molecule has 2 amide bonds. The molecule has 7 heteroatoms. The Balaban J connectivity index is 1.84. The standard InChI is InChI=1S/C27H44N2O5/c1-5-6-7-8-9-10-13-29-22-11-12-26(2,3)20-27(22,25(32)33-4)19-21(24(29)31)18-23(30)28-14-16-34-17-15-28/h11,21H,5-10,12-20H2,1-4H3/t21-,27-/m1/s1. The van der Waals surface area contributed by atoms with Gasteiger partial charge in [-0.1, -0.05) is 59.0 Å². The summed E-state index contributed by atoms with van der Waals surface area (Å²) in [4.78, 5) is 43.8. The molecule has 0 radical (unpaired) electrons. The molecule has 0 aromatic rings. The summed E-state index contributed by atoms with van der Waals surface area (Å²) in [6, 6.07) is 0. The van der Waals surface area contributed by atoms with Crippen molar-refractivity contribution in [3.8, 4) is 0 Å². The molecule has 2 fully saturated rings. The lowest BCUT2D eigenvalue weighted by Gasteiger charge is -2.51. The molecule has 0 unspecified atom stereocenters. The molecular formula is C27H44N2O5.